The molecule has 0 unspecified atom stereocenters. The van der Waals surface area contributed by atoms with Gasteiger partial charge in [0.05, 0.1) is 0 Å². The van der Waals surface area contributed by atoms with Crippen molar-refractivity contribution in [3.05, 3.63) is 35.9 Å². The molecule has 1 rings (SSSR count). The smallest absolute Gasteiger partial charge is 0.294 e. The van der Waals surface area contributed by atoms with E-state index in [9.17, 15) is 79.4 Å². The molecule has 0 amide bonds. The summed E-state index contributed by atoms with van der Waals surface area (Å²) in [6, 6.07) is 5.26. The van der Waals surface area contributed by atoms with Crippen molar-refractivity contribution in [3.8, 4) is 0 Å². The second-order valence-electron chi connectivity index (χ2n) is 6.94. The molecule has 18 heteroatoms. The highest BCUT2D eigenvalue weighted by Gasteiger charge is 2.95. The van der Waals surface area contributed by atoms with Crippen molar-refractivity contribution < 1.29 is 79.4 Å². The zero-order valence-corrected chi connectivity index (χ0v) is 16.1. The van der Waals surface area contributed by atoms with E-state index in [-0.39, 0.29) is 0 Å². The molecule has 0 spiro atoms. The average Bonchev–Trinajstić information content (AvgIpc) is 2.70. The van der Waals surface area contributed by atoms with E-state index in [1.54, 1.807) is 0 Å². The van der Waals surface area contributed by atoms with Crippen LogP contribution in [0, 0.1) is 0 Å². The van der Waals surface area contributed by atoms with E-state index in [2.05, 4.69) is 0 Å². The Bertz CT molecular complexity index is 901. The molecule has 0 saturated heterocycles. The molecule has 202 valence electrons. The normalized spacial score (nSPS) is 15.3. The topological polar surface area (TPSA) is 17.1 Å². The van der Waals surface area contributed by atoms with Crippen LogP contribution in [-0.4, -0.2) is 53.4 Å². The highest BCUT2D eigenvalue weighted by molar-refractivity contribution is 5.96. The van der Waals surface area contributed by atoms with Crippen LogP contribution in [0.5, 0.6) is 0 Å². The van der Waals surface area contributed by atoms with Gasteiger partial charge < -0.3 is 0 Å². The van der Waals surface area contributed by atoms with Gasteiger partial charge in [0.2, 0.25) is 0 Å². The van der Waals surface area contributed by atoms with Crippen LogP contribution in [0.2, 0.25) is 0 Å². The number of carbonyl (C=O) groups is 1. The summed E-state index contributed by atoms with van der Waals surface area (Å²) in [4.78, 5) is 11.6. The molecule has 0 aliphatic heterocycles. The molecule has 0 aliphatic carbocycles. The second-order valence-corrected chi connectivity index (χ2v) is 6.94. The molecule has 1 aromatic carbocycles. The number of carbonyl (C=O) groups excluding carboxylic acids is 1. The van der Waals surface area contributed by atoms with Gasteiger partial charge in [0.15, 0.2) is 5.78 Å². The molecule has 0 fully saturated rings. The van der Waals surface area contributed by atoms with Crippen LogP contribution in [0.1, 0.15) is 23.2 Å². The van der Waals surface area contributed by atoms with Gasteiger partial charge in [-0.3, -0.25) is 4.79 Å². The third kappa shape index (κ3) is 4.51. The Kier molecular flexibility index (Phi) is 7.61. The van der Waals surface area contributed by atoms with Crippen molar-refractivity contribution in [3.63, 3.8) is 0 Å². The molecule has 1 aromatic rings. The first kappa shape index (κ1) is 30.7. The van der Waals surface area contributed by atoms with Crippen LogP contribution in [0.25, 0.3) is 0 Å². The summed E-state index contributed by atoms with van der Waals surface area (Å²) in [5.74, 6) is -58.2. The lowest BCUT2D eigenvalue weighted by Gasteiger charge is -2.42. The van der Waals surface area contributed by atoms with E-state index >= 15 is 0 Å². The van der Waals surface area contributed by atoms with Gasteiger partial charge in [-0.15, -0.1) is 0 Å². The molecule has 0 N–H and O–H groups in total. The number of rotatable bonds is 10. The van der Waals surface area contributed by atoms with E-state index in [1.165, 1.54) is 6.07 Å². The maximum Gasteiger partial charge on any atom is 0.460 e. The Morgan fingerprint density at radius 2 is 0.857 bits per heavy atom. The maximum absolute atomic E-state index is 13.7. The number of halogens is 17. The van der Waals surface area contributed by atoms with Crippen molar-refractivity contribution in [2.75, 3.05) is 0 Å². The van der Waals surface area contributed by atoms with Gasteiger partial charge in [-0.05, 0) is 0 Å². The van der Waals surface area contributed by atoms with Crippen LogP contribution in [0.3, 0.4) is 0 Å². The largest absolute Gasteiger partial charge is 0.460 e. The summed E-state index contributed by atoms with van der Waals surface area (Å²) < 4.78 is 224. The highest BCUT2D eigenvalue weighted by Crippen LogP contribution is 2.64. The average molecular weight is 552 g/mol. The lowest BCUT2D eigenvalue weighted by Crippen LogP contribution is -2.74. The van der Waals surface area contributed by atoms with E-state index in [1.807, 2.05) is 0 Å². The molecule has 0 radical (unpaired) electrons. The van der Waals surface area contributed by atoms with Crippen LogP contribution in [0.15, 0.2) is 30.3 Å². The number of alkyl halides is 17. The predicted molar refractivity (Wildman–Crippen MR) is 80.7 cm³/mol. The number of benzene rings is 1. The SMILES string of the molecule is O=C(CCC(F)(F)C(F)(F)C(F)(F)C(F)(F)C(F)(F)C(F)(F)C(F)(F)C(F)(F)F)c1ccccc1. The van der Waals surface area contributed by atoms with E-state index in [4.69, 9.17) is 0 Å². The van der Waals surface area contributed by atoms with E-state index in [0.717, 1.165) is 24.3 Å². The second kappa shape index (κ2) is 8.67. The number of ketones is 1. The zero-order valence-electron chi connectivity index (χ0n) is 16.1. The van der Waals surface area contributed by atoms with Gasteiger partial charge >= 0.3 is 47.6 Å². The first-order valence-electron chi connectivity index (χ1n) is 8.53. The lowest BCUT2D eigenvalue weighted by molar-refractivity contribution is -0.461. The molecule has 0 saturated carbocycles. The summed E-state index contributed by atoms with van der Waals surface area (Å²) in [5, 5.41) is 0. The predicted octanol–water partition coefficient (Wildman–Crippen LogP) is 7.66. The van der Waals surface area contributed by atoms with Crippen LogP contribution in [-0.2, 0) is 0 Å². The number of Topliss-reactive ketones (excluding diaryl/α,β-unsaturated/α-hetero) is 1. The quantitative estimate of drug-likeness (QED) is 0.215. The van der Waals surface area contributed by atoms with Crippen molar-refractivity contribution in [1.29, 1.82) is 0 Å². The molecule has 0 aromatic heterocycles. The minimum absolute atomic E-state index is 0.496. The Labute approximate surface area is 182 Å². The molecule has 0 bridgehead atoms. The van der Waals surface area contributed by atoms with Crippen molar-refractivity contribution in [2.45, 2.75) is 60.5 Å². The van der Waals surface area contributed by atoms with Gasteiger partial charge in [-0.25, -0.2) is 0 Å². The Hall–Kier alpha value is -2.30. The molecule has 1 nitrogen and oxygen atoms in total. The van der Waals surface area contributed by atoms with Gasteiger partial charge in [-0.1, -0.05) is 30.3 Å². The molecule has 0 atom stereocenters. The fourth-order valence-electron chi connectivity index (χ4n) is 2.39. The minimum Gasteiger partial charge on any atom is -0.294 e. The third-order valence-corrected chi connectivity index (χ3v) is 4.55. The standard InChI is InChI=1S/C17H9F17O/c18-10(19,7-6-9(35)8-4-2-1-3-5-8)11(20,21)12(22,23)13(24,25)14(26,27)15(28,29)16(30,31)17(32,33)34/h1-5H,6-7H2. The van der Waals surface area contributed by atoms with E-state index in [0.29, 0.717) is 0 Å². The van der Waals surface area contributed by atoms with Crippen molar-refractivity contribution >= 4 is 5.78 Å². The first-order valence-corrected chi connectivity index (χ1v) is 8.53. The zero-order chi connectivity index (χ0) is 28.1. The fourth-order valence-corrected chi connectivity index (χ4v) is 2.39. The Morgan fingerprint density at radius 1 is 0.514 bits per heavy atom. The van der Waals surface area contributed by atoms with Crippen molar-refractivity contribution in [1.82, 2.24) is 0 Å². The molecule has 35 heavy (non-hydrogen) atoms. The maximum atomic E-state index is 13.7. The first-order chi connectivity index (χ1) is 15.2. The number of hydrogen-bond donors (Lipinski definition) is 0. The number of hydrogen-bond acceptors (Lipinski definition) is 1. The Balaban J connectivity index is 3.42. The molecule has 0 aliphatic rings. The molecular formula is C17H9F17O. The summed E-state index contributed by atoms with van der Waals surface area (Å²) >= 11 is 0. The fraction of sp³-hybridized carbons (Fsp3) is 0.588. The summed E-state index contributed by atoms with van der Waals surface area (Å²) in [6.45, 7) is 0. The van der Waals surface area contributed by atoms with Crippen molar-refractivity contribution in [2.24, 2.45) is 0 Å². The summed E-state index contributed by atoms with van der Waals surface area (Å²) in [5.41, 5.74) is -0.496. The van der Waals surface area contributed by atoms with Crippen LogP contribution >= 0.6 is 0 Å². The van der Waals surface area contributed by atoms with Gasteiger partial charge in [0.25, 0.3) is 0 Å². The van der Waals surface area contributed by atoms with Gasteiger partial charge in [-0.2, -0.15) is 74.6 Å². The Morgan fingerprint density at radius 3 is 1.23 bits per heavy atom. The van der Waals surface area contributed by atoms with Crippen LogP contribution < -0.4 is 0 Å². The summed E-state index contributed by atoms with van der Waals surface area (Å²) in [6.07, 6.45) is -12.4. The van der Waals surface area contributed by atoms with E-state index < -0.39 is 71.8 Å². The molecular weight excluding hydrogens is 543 g/mol. The summed E-state index contributed by atoms with van der Waals surface area (Å²) in [7, 11) is 0. The monoisotopic (exact) mass is 552 g/mol. The van der Waals surface area contributed by atoms with Gasteiger partial charge in [0, 0.05) is 18.4 Å². The van der Waals surface area contributed by atoms with Crippen LogP contribution in [0.4, 0.5) is 74.6 Å². The highest BCUT2D eigenvalue weighted by atomic mass is 19.4. The molecule has 0 heterocycles. The lowest BCUT2D eigenvalue weighted by atomic mass is 9.87. The minimum atomic E-state index is -8.66. The van der Waals surface area contributed by atoms with Gasteiger partial charge in [0.1, 0.15) is 0 Å². The third-order valence-electron chi connectivity index (χ3n) is 4.55.